The van der Waals surface area contributed by atoms with E-state index < -0.39 is 23.8 Å². The van der Waals surface area contributed by atoms with E-state index in [0.717, 1.165) is 51.4 Å². The van der Waals surface area contributed by atoms with Crippen LogP contribution in [0.3, 0.4) is 0 Å². The summed E-state index contributed by atoms with van der Waals surface area (Å²) in [6, 6.07) is 53.6. The molecule has 0 heterocycles. The van der Waals surface area contributed by atoms with Gasteiger partial charge in [0.15, 0.2) is 29.4 Å². The van der Waals surface area contributed by atoms with Gasteiger partial charge in [-0.05, 0) is 202 Å². The first-order valence-corrected chi connectivity index (χ1v) is 109. The zero-order valence-electron chi connectivity index (χ0n) is 56.2. The Bertz CT molecular complexity index is 3120. The van der Waals surface area contributed by atoms with Crippen molar-refractivity contribution < 1.29 is 90.8 Å². The first-order valence-electron chi connectivity index (χ1n) is 30.8. The first kappa shape index (κ1) is 90.7. The number of Topliss-reactive ketones (excluding diaryl/α,β-unsaturated/α-hetero) is 1. The normalized spacial score (nSPS) is 23.8. The number of hydrogen-bond donors (Lipinski definition) is 1. The second kappa shape index (κ2) is 41.9. The summed E-state index contributed by atoms with van der Waals surface area (Å²) in [6.45, 7) is 14.1. The molecule has 8 saturated carbocycles. The van der Waals surface area contributed by atoms with Gasteiger partial charge >= 0.3 is 236 Å². The molecule has 8 bridgehead atoms. The molecule has 97 heavy (non-hydrogen) atoms. The Balaban J connectivity index is 0.000000222. The standard InChI is InChI=1S/2C21H21S.C14H20F2O3.C14H18F2O3.B.I13.Na.H/c2*1-16-4-10-19(11-5-16)22(20-12-6-17(2)7-13-20)21-14-8-18(3)9-15-21;2*1-13(15,16)12(18)19-7-14-4-8-2-9(5-14)11(17)10(3-8)6-14;;1-8-10(4)12(6)13(7)11(5)9(2)3;;/h2*4-15H,1-3H3;8-11,17H,2-7H2,1H3;8-10H,2-7H2,1H3;;;;/q2*+1;;;;-1;+1;-1. The van der Waals surface area contributed by atoms with Crippen LogP contribution in [-0.4, -0.2) is 62.4 Å². The number of carbonyl (C=O) groups excluding carboxylic acids is 3. The van der Waals surface area contributed by atoms with Crippen LogP contribution >= 0.6 is 170 Å². The number of aryl methyl sites for hydroxylation is 6. The molecule has 0 saturated heterocycles. The van der Waals surface area contributed by atoms with Gasteiger partial charge in [-0.15, -0.1) is 0 Å². The Morgan fingerprint density at radius 1 is 0.495 bits per heavy atom. The molecule has 8 fully saturated rings. The minimum Gasteiger partial charge on any atom is -1.00 e. The van der Waals surface area contributed by atoms with Gasteiger partial charge in [0, 0.05) is 44.9 Å². The van der Waals surface area contributed by atoms with E-state index in [4.69, 9.17) is 9.47 Å². The number of rotatable bonds is 17. The number of aliphatic hydroxyl groups is 1. The summed E-state index contributed by atoms with van der Waals surface area (Å²) in [5.41, 5.74) is 7.46. The Hall–Kier alpha value is 4.86. The van der Waals surface area contributed by atoms with Crippen LogP contribution in [0.25, 0.3) is 0 Å². The number of aliphatic hydroxyl groups excluding tert-OH is 1. The van der Waals surface area contributed by atoms with Crippen molar-refractivity contribution in [3.63, 3.8) is 0 Å². The summed E-state index contributed by atoms with van der Waals surface area (Å²) in [7, 11) is -1.64. The second-order valence-electron chi connectivity index (χ2n) is 26.0. The minimum absolute atomic E-state index is 0. The van der Waals surface area contributed by atoms with Gasteiger partial charge in [0.25, 0.3) is 0 Å². The summed E-state index contributed by atoms with van der Waals surface area (Å²) in [5, 5.41) is 10.1. The van der Waals surface area contributed by atoms with Crippen molar-refractivity contribution in [2.75, 3.05) is 13.2 Å². The van der Waals surface area contributed by atoms with Gasteiger partial charge in [0.2, 0.25) is 0 Å². The molecule has 0 aliphatic heterocycles. The quantitative estimate of drug-likeness (QED) is 0.0322. The van der Waals surface area contributed by atoms with Gasteiger partial charge < -0.3 is 16.0 Å². The molecule has 6 nitrogen and oxygen atoms in total. The smallest absolute Gasteiger partial charge is 1.00 e. The number of carbonyl (C=O) groups is 3. The van der Waals surface area contributed by atoms with Crippen molar-refractivity contribution in [1.29, 1.82) is 0 Å². The third kappa shape index (κ3) is 26.5. The number of alkyl halides is 4. The van der Waals surface area contributed by atoms with Crippen LogP contribution < -0.4 is 42.8 Å². The van der Waals surface area contributed by atoms with Gasteiger partial charge in [-0.1, -0.05) is 106 Å². The fourth-order valence-electron chi connectivity index (χ4n) is 14.1. The average Bonchev–Trinajstić information content (AvgIpc) is 0.745. The topological polar surface area (TPSA) is 89.9 Å². The van der Waals surface area contributed by atoms with Crippen molar-refractivity contribution in [1.82, 2.24) is 0 Å². The number of hydrogen-bond acceptors (Lipinski definition) is 6. The molecule has 6 aromatic rings. The van der Waals surface area contributed by atoms with Crippen LogP contribution in [0.4, 0.5) is 17.6 Å². The third-order valence-corrected chi connectivity index (χ3v) is 766. The van der Waals surface area contributed by atoms with E-state index >= 15 is 0 Å². The Kier molecular flexibility index (Phi) is 39.2. The molecule has 14 rings (SSSR count). The molecule has 27 heteroatoms. The molecule has 531 valence electrons. The molecule has 3 radical (unpaired) electrons. The van der Waals surface area contributed by atoms with Gasteiger partial charge in [-0.3, -0.25) is 4.79 Å². The number of benzene rings is 6. The Morgan fingerprint density at radius 2 is 0.763 bits per heavy atom. The van der Waals surface area contributed by atoms with Crippen molar-refractivity contribution in [2.45, 2.75) is 167 Å². The van der Waals surface area contributed by atoms with Crippen molar-refractivity contribution >= 4 is 218 Å². The van der Waals surface area contributed by atoms with Crippen LogP contribution in [0, 0.1) is 87.9 Å². The first-order chi connectivity index (χ1) is 44.8. The molecule has 0 aromatic heterocycles. The fourth-order valence-corrected chi connectivity index (χ4v) is 1490. The predicted molar refractivity (Wildman–Crippen MR) is 493 cm³/mol. The monoisotopic (exact) mass is 2840 g/mol. The summed E-state index contributed by atoms with van der Waals surface area (Å²) in [4.78, 5) is 42.6. The SMILES string of the molecule is CC(F)(F)C(=O)OCC12CC3CC(C1)C(=O)C(C3)C2.CC(F)(F)C(=O)OCC12CC3CC(C1)C(O)C(C3)C2.Cc1ccc([S+](c2ccc(C)cc2)c2ccc(C)cc2)cc1.Cc1ccc([S+](c2ccc(C)cc2)c2ccc(C)cc2)cc1.I[I-]I(I)I(I)I(I)I(I)I(I)I.[B].[H-].[Na+]. The Labute approximate surface area is 699 Å². The average molecular weight is 2840 g/mol. The van der Waals surface area contributed by atoms with Crippen LogP contribution in [0.2, 0.25) is 0 Å². The van der Waals surface area contributed by atoms with E-state index in [0.29, 0.717) is 57.6 Å². The van der Waals surface area contributed by atoms with Crippen molar-refractivity contribution in [2.24, 2.45) is 46.3 Å². The van der Waals surface area contributed by atoms with E-state index in [1.807, 2.05) is 0 Å². The summed E-state index contributed by atoms with van der Waals surface area (Å²) in [5.74, 6) is -7.60. The number of esters is 2. The maximum atomic E-state index is 12.8. The predicted octanol–water partition coefficient (Wildman–Crippen LogP) is 20.7. The van der Waals surface area contributed by atoms with Crippen molar-refractivity contribution in [3.05, 3.63) is 179 Å². The molecule has 0 spiro atoms. The van der Waals surface area contributed by atoms with Gasteiger partial charge in [0.05, 0.1) is 41.1 Å². The maximum absolute atomic E-state index is 12.8. The van der Waals surface area contributed by atoms with E-state index in [1.54, 1.807) is 0 Å². The van der Waals surface area contributed by atoms with Crippen molar-refractivity contribution in [3.8, 4) is 0 Å². The van der Waals surface area contributed by atoms with E-state index in [-0.39, 0.29) is 154 Å². The van der Waals surface area contributed by atoms with Gasteiger partial charge in [0.1, 0.15) is 5.78 Å². The molecule has 8 aliphatic carbocycles. The van der Waals surface area contributed by atoms with Gasteiger partial charge in [-0.25, -0.2) is 9.59 Å². The zero-order valence-corrected chi connectivity index (χ0v) is 86.9. The molecular weight excluding hydrogens is 2760 g/mol. The molecule has 0 amide bonds. The summed E-state index contributed by atoms with van der Waals surface area (Å²) >= 11 is 21.0. The maximum Gasteiger partial charge on any atom is 1.00 e. The molecular formula is C70H81BF4I13NaO6S2+. The molecule has 1 N–H and O–H groups in total. The largest absolute Gasteiger partial charge is 1.00 e. The molecule has 4 unspecified atom stereocenters. The molecule has 8 aliphatic rings. The summed E-state index contributed by atoms with van der Waals surface area (Å²) in [6.07, 6.45) is 8.62. The van der Waals surface area contributed by atoms with E-state index in [9.17, 15) is 37.1 Å². The van der Waals surface area contributed by atoms with Crippen LogP contribution in [0.15, 0.2) is 175 Å². The number of ether oxygens (including phenoxy) is 2. The van der Waals surface area contributed by atoms with Crippen LogP contribution in [0.5, 0.6) is 0 Å². The zero-order chi connectivity index (χ0) is 69.3. The molecule has 4 atom stereocenters. The van der Waals surface area contributed by atoms with E-state index in [1.165, 1.54) is 62.8 Å². The number of ketones is 1. The molecule has 6 aromatic carbocycles. The van der Waals surface area contributed by atoms with Crippen LogP contribution in [-0.2, 0) is 45.6 Å². The fraction of sp³-hybridized carbons (Fsp3) is 0.443. The summed E-state index contributed by atoms with van der Waals surface area (Å²) < 4.78 is 60.9. The van der Waals surface area contributed by atoms with Crippen LogP contribution in [0.1, 0.15) is 113 Å². The third-order valence-electron chi connectivity index (χ3n) is 18.1. The van der Waals surface area contributed by atoms with Gasteiger partial charge in [-0.2, -0.15) is 17.6 Å². The van der Waals surface area contributed by atoms with E-state index in [2.05, 4.69) is 317 Å². The second-order valence-corrected chi connectivity index (χ2v) is 290. The minimum atomic E-state index is -3.43. The number of halogens is 17. The Morgan fingerprint density at radius 3 is 1.02 bits per heavy atom.